The molecule has 0 spiro atoms. The van der Waals surface area contributed by atoms with Crippen molar-refractivity contribution in [1.29, 1.82) is 0 Å². The lowest BCUT2D eigenvalue weighted by atomic mass is 10.0. The first kappa shape index (κ1) is 39.1. The van der Waals surface area contributed by atoms with E-state index in [2.05, 4.69) is 31.9 Å². The smallest absolute Gasteiger partial charge is 0.326 e. The van der Waals surface area contributed by atoms with Gasteiger partial charge in [-0.25, -0.2) is 4.79 Å². The number of rotatable bonds is 21. The van der Waals surface area contributed by atoms with Gasteiger partial charge in [0.2, 0.25) is 35.4 Å². The zero-order chi connectivity index (χ0) is 33.1. The summed E-state index contributed by atoms with van der Waals surface area (Å²) in [6.45, 7) is 2.64. The van der Waals surface area contributed by atoms with E-state index in [1.54, 1.807) is 13.8 Å². The molecule has 246 valence electrons. The van der Waals surface area contributed by atoms with Crippen molar-refractivity contribution in [3.05, 3.63) is 0 Å². The second-order valence-electron chi connectivity index (χ2n) is 10.2. The Morgan fingerprint density at radius 1 is 0.698 bits per heavy atom. The van der Waals surface area contributed by atoms with Crippen LogP contribution in [0.15, 0.2) is 0 Å². The fourth-order valence-corrected chi connectivity index (χ4v) is 3.47. The largest absolute Gasteiger partial charge is 0.480 e. The lowest BCUT2D eigenvalue weighted by molar-refractivity contribution is -0.142. The molecule has 43 heavy (non-hydrogen) atoms. The molecule has 0 bridgehead atoms. The average Bonchev–Trinajstić information content (AvgIpc) is 2.94. The number of hydrogen-bond acceptors (Lipinski definition) is 11. The van der Waals surface area contributed by atoms with Gasteiger partial charge in [-0.05, 0) is 45.1 Å². The standard InChI is InChI=1S/C25H46N8O10/c1-13(2)8-16(32-19(37)11-30-24(41)21(27)14(3)35)22(39)28-10-20(38)33-17(12-34)23(40)29-9-18(36)31-15(25(42)43)6-4-5-7-26/h13-17,21,34-35H,4-12,26-27H2,1-3H3,(H,28,39)(H,29,40)(H,30,41)(H,31,36)(H,32,37)(H,33,38)(H,42,43)/t14-,15+,16+,17+,21+/m1/s1. The van der Waals surface area contributed by atoms with Crippen LogP contribution in [0.5, 0.6) is 0 Å². The van der Waals surface area contributed by atoms with E-state index in [-0.39, 0.29) is 18.8 Å². The van der Waals surface area contributed by atoms with E-state index in [9.17, 15) is 48.9 Å². The van der Waals surface area contributed by atoms with Crippen molar-refractivity contribution in [2.24, 2.45) is 17.4 Å². The van der Waals surface area contributed by atoms with Gasteiger partial charge in [-0.2, -0.15) is 0 Å². The fraction of sp³-hybridized carbons (Fsp3) is 0.720. The maximum atomic E-state index is 12.7. The molecule has 18 heteroatoms. The molecule has 0 saturated carbocycles. The molecule has 18 nitrogen and oxygen atoms in total. The molecule has 0 rings (SSSR count). The summed E-state index contributed by atoms with van der Waals surface area (Å²) in [6, 6.07) is -4.99. The molecule has 5 atom stereocenters. The summed E-state index contributed by atoms with van der Waals surface area (Å²) < 4.78 is 0. The highest BCUT2D eigenvalue weighted by Crippen LogP contribution is 2.05. The summed E-state index contributed by atoms with van der Waals surface area (Å²) in [7, 11) is 0. The van der Waals surface area contributed by atoms with E-state index >= 15 is 0 Å². The van der Waals surface area contributed by atoms with Crippen LogP contribution in [-0.2, 0) is 33.6 Å². The fourth-order valence-electron chi connectivity index (χ4n) is 3.47. The molecule has 0 aliphatic heterocycles. The van der Waals surface area contributed by atoms with Gasteiger partial charge >= 0.3 is 5.97 Å². The highest BCUT2D eigenvalue weighted by molar-refractivity contribution is 5.94. The van der Waals surface area contributed by atoms with E-state index in [4.69, 9.17) is 11.5 Å². The lowest BCUT2D eigenvalue weighted by Crippen LogP contribution is -2.55. The summed E-state index contributed by atoms with van der Waals surface area (Å²) in [5, 5.41) is 41.7. The molecule has 0 aromatic heterocycles. The summed E-state index contributed by atoms with van der Waals surface area (Å²) in [6.07, 6.45) is 0.225. The van der Waals surface area contributed by atoms with Gasteiger partial charge in [-0.15, -0.1) is 0 Å². The Morgan fingerprint density at radius 2 is 1.14 bits per heavy atom. The maximum absolute atomic E-state index is 12.7. The summed E-state index contributed by atoms with van der Waals surface area (Å²) >= 11 is 0. The van der Waals surface area contributed by atoms with Gasteiger partial charge in [0.25, 0.3) is 0 Å². The number of nitrogens with one attached hydrogen (secondary N) is 6. The molecule has 6 amide bonds. The zero-order valence-electron chi connectivity index (χ0n) is 24.7. The third kappa shape index (κ3) is 17.0. The molecular formula is C25H46N8O10. The highest BCUT2D eigenvalue weighted by Gasteiger charge is 2.26. The van der Waals surface area contributed by atoms with Gasteiger partial charge in [-0.1, -0.05) is 13.8 Å². The number of carbonyl (C=O) groups is 7. The van der Waals surface area contributed by atoms with Crippen LogP contribution in [0.1, 0.15) is 46.5 Å². The molecular weight excluding hydrogens is 572 g/mol. The number of carbonyl (C=O) groups excluding carboxylic acids is 6. The number of aliphatic hydroxyl groups excluding tert-OH is 2. The Labute approximate surface area is 249 Å². The predicted octanol–water partition coefficient (Wildman–Crippen LogP) is -5.25. The number of hydrogen-bond donors (Lipinski definition) is 11. The molecule has 0 radical (unpaired) electrons. The summed E-state index contributed by atoms with van der Waals surface area (Å²) in [4.78, 5) is 84.8. The molecule has 0 aliphatic rings. The van der Waals surface area contributed by atoms with Crippen LogP contribution in [0.3, 0.4) is 0 Å². The van der Waals surface area contributed by atoms with Crippen LogP contribution < -0.4 is 43.4 Å². The molecule has 13 N–H and O–H groups in total. The van der Waals surface area contributed by atoms with Gasteiger partial charge < -0.3 is 58.7 Å². The molecule has 0 unspecified atom stereocenters. The first-order chi connectivity index (χ1) is 20.1. The van der Waals surface area contributed by atoms with E-state index in [0.717, 1.165) is 0 Å². The molecule has 0 fully saturated rings. The SMILES string of the molecule is CC(C)C[C@H](NC(=O)CNC(=O)[C@@H](N)[C@@H](C)O)C(=O)NCC(=O)N[C@@H](CO)C(=O)NCC(=O)N[C@@H](CCCCN)C(=O)O. The summed E-state index contributed by atoms with van der Waals surface area (Å²) in [5.41, 5.74) is 10.9. The van der Waals surface area contributed by atoms with E-state index in [1.165, 1.54) is 6.92 Å². The number of carboxylic acids is 1. The van der Waals surface area contributed by atoms with Crippen molar-refractivity contribution >= 4 is 41.4 Å². The minimum absolute atomic E-state index is 0.0560. The van der Waals surface area contributed by atoms with E-state index in [1.807, 2.05) is 0 Å². The normalized spacial score (nSPS) is 14.3. The Balaban J connectivity index is 4.86. The third-order valence-electron chi connectivity index (χ3n) is 5.87. The summed E-state index contributed by atoms with van der Waals surface area (Å²) in [5.74, 6) is -6.13. The quantitative estimate of drug-likeness (QED) is 0.0538. The highest BCUT2D eigenvalue weighted by atomic mass is 16.4. The number of aliphatic hydroxyl groups is 2. The number of aliphatic carboxylic acids is 1. The Kier molecular flexibility index (Phi) is 19.0. The van der Waals surface area contributed by atoms with Crippen LogP contribution >= 0.6 is 0 Å². The molecule has 0 heterocycles. The van der Waals surface area contributed by atoms with Gasteiger partial charge in [-0.3, -0.25) is 28.8 Å². The Morgan fingerprint density at radius 3 is 1.56 bits per heavy atom. The first-order valence-corrected chi connectivity index (χ1v) is 13.8. The van der Waals surface area contributed by atoms with Crippen molar-refractivity contribution < 1.29 is 48.9 Å². The number of amides is 6. The van der Waals surface area contributed by atoms with Gasteiger partial charge in [0.05, 0.1) is 32.3 Å². The molecule has 0 aromatic carbocycles. The monoisotopic (exact) mass is 618 g/mol. The van der Waals surface area contributed by atoms with Crippen LogP contribution in [0, 0.1) is 5.92 Å². The Hall–Kier alpha value is -3.87. The zero-order valence-corrected chi connectivity index (χ0v) is 24.7. The number of nitrogens with two attached hydrogens (primary N) is 2. The van der Waals surface area contributed by atoms with E-state index in [0.29, 0.717) is 19.4 Å². The van der Waals surface area contributed by atoms with Gasteiger partial charge in [0.15, 0.2) is 0 Å². The number of carboxylic acid groups (broad SMARTS) is 1. The van der Waals surface area contributed by atoms with Crippen molar-refractivity contribution in [2.75, 3.05) is 32.8 Å². The van der Waals surface area contributed by atoms with Gasteiger partial charge in [0.1, 0.15) is 24.2 Å². The van der Waals surface area contributed by atoms with Crippen molar-refractivity contribution in [2.45, 2.75) is 76.7 Å². The first-order valence-electron chi connectivity index (χ1n) is 13.8. The van der Waals surface area contributed by atoms with E-state index < -0.39 is 97.9 Å². The van der Waals surface area contributed by atoms with Crippen molar-refractivity contribution in [1.82, 2.24) is 31.9 Å². The average molecular weight is 619 g/mol. The van der Waals surface area contributed by atoms with Crippen LogP contribution in [0.25, 0.3) is 0 Å². The molecule has 0 aromatic rings. The molecule has 0 aliphatic carbocycles. The Bertz CT molecular complexity index is 962. The minimum atomic E-state index is -1.49. The van der Waals surface area contributed by atoms with Gasteiger partial charge in [0, 0.05) is 0 Å². The van der Waals surface area contributed by atoms with Crippen LogP contribution in [-0.4, -0.2) is 120 Å². The maximum Gasteiger partial charge on any atom is 0.326 e. The predicted molar refractivity (Wildman–Crippen MR) is 152 cm³/mol. The number of unbranched alkanes of at least 4 members (excludes halogenated alkanes) is 1. The van der Waals surface area contributed by atoms with Crippen molar-refractivity contribution in [3.8, 4) is 0 Å². The lowest BCUT2D eigenvalue weighted by Gasteiger charge is -2.21. The van der Waals surface area contributed by atoms with Crippen LogP contribution in [0.2, 0.25) is 0 Å². The minimum Gasteiger partial charge on any atom is -0.480 e. The second-order valence-corrected chi connectivity index (χ2v) is 10.2. The second kappa shape index (κ2) is 20.9. The van der Waals surface area contributed by atoms with Crippen molar-refractivity contribution in [3.63, 3.8) is 0 Å². The third-order valence-corrected chi connectivity index (χ3v) is 5.87. The van der Waals surface area contributed by atoms with Crippen LogP contribution in [0.4, 0.5) is 0 Å². The topological polar surface area (TPSA) is 304 Å². The molecule has 0 saturated heterocycles.